The fraction of sp³-hybridized carbons (Fsp3) is 0.400. The smallest absolute Gasteiger partial charge is 0.379 e. The Morgan fingerprint density at radius 3 is 2.58 bits per heavy atom. The Bertz CT molecular complexity index is 555. The van der Waals surface area contributed by atoms with E-state index in [2.05, 4.69) is 0 Å². The van der Waals surface area contributed by atoms with Crippen molar-refractivity contribution < 1.29 is 14.3 Å². The summed E-state index contributed by atoms with van der Waals surface area (Å²) in [7, 11) is 0. The van der Waals surface area contributed by atoms with Gasteiger partial charge in [0.1, 0.15) is 5.58 Å². The monoisotopic (exact) mass is 264 g/mol. The van der Waals surface area contributed by atoms with E-state index in [0.717, 1.165) is 11.8 Å². The van der Waals surface area contributed by atoms with Crippen molar-refractivity contribution in [3.8, 4) is 5.75 Å². The fourth-order valence-electron chi connectivity index (χ4n) is 1.36. The van der Waals surface area contributed by atoms with E-state index in [-0.39, 0.29) is 11.9 Å². The molecule has 0 bridgehead atoms. The van der Waals surface area contributed by atoms with Crippen LogP contribution in [0.1, 0.15) is 27.2 Å². The van der Waals surface area contributed by atoms with Crippen molar-refractivity contribution in [2.75, 3.05) is 6.61 Å². The molecule has 2 aromatic rings. The van der Waals surface area contributed by atoms with Gasteiger partial charge in [0, 0.05) is 11.5 Å². The zero-order valence-electron chi connectivity index (χ0n) is 11.6. The molecule has 0 spiro atoms. The summed E-state index contributed by atoms with van der Waals surface area (Å²) in [6, 6.07) is 9.10. The molecule has 0 amide bonds. The second kappa shape index (κ2) is 7.59. The Hall–Kier alpha value is -1.81. The lowest BCUT2D eigenvalue weighted by atomic mass is 10.2. The molecule has 0 atom stereocenters. The first-order valence-electron chi connectivity index (χ1n) is 6.38. The average Bonchev–Trinajstić information content (AvgIpc) is 2.35. The maximum absolute atomic E-state index is 11.4. The highest BCUT2D eigenvalue weighted by molar-refractivity contribution is 5.77. The van der Waals surface area contributed by atoms with Crippen molar-refractivity contribution in [3.05, 3.63) is 40.8 Å². The number of rotatable bonds is 3. The van der Waals surface area contributed by atoms with E-state index in [1.54, 1.807) is 26.0 Å². The minimum Gasteiger partial charge on any atom is -0.487 e. The number of aliphatic hydroxyl groups excluding tert-OH is 1. The molecule has 0 aliphatic heterocycles. The molecule has 0 unspecified atom stereocenters. The van der Waals surface area contributed by atoms with Gasteiger partial charge in [0.05, 0.1) is 6.61 Å². The molecule has 19 heavy (non-hydrogen) atoms. The van der Waals surface area contributed by atoms with E-state index in [9.17, 15) is 4.79 Å². The molecule has 0 aliphatic rings. The number of para-hydroxylation sites is 1. The molecular weight excluding hydrogens is 244 g/mol. The highest BCUT2D eigenvalue weighted by Gasteiger charge is 2.04. The molecule has 4 heteroatoms. The van der Waals surface area contributed by atoms with Gasteiger partial charge in [-0.15, -0.1) is 0 Å². The van der Waals surface area contributed by atoms with Gasteiger partial charge in [-0.3, -0.25) is 0 Å². The predicted octanol–water partition coefficient (Wildman–Crippen LogP) is 2.97. The van der Waals surface area contributed by atoms with E-state index in [4.69, 9.17) is 14.3 Å². The molecule has 0 saturated heterocycles. The zero-order valence-corrected chi connectivity index (χ0v) is 11.6. The molecule has 1 N–H and O–H groups in total. The van der Waals surface area contributed by atoms with E-state index in [0.29, 0.717) is 12.2 Å². The standard InChI is InChI=1S/C12H12O3.C3H8O/c1-2-7-14-11-8-9-5-3-4-6-10(9)15-12(11)13;1-3(2)4/h3-6,8H,2,7H2,1H3;3-4H,1-2H3. The highest BCUT2D eigenvalue weighted by Crippen LogP contribution is 2.16. The summed E-state index contributed by atoms with van der Waals surface area (Å²) in [6.45, 7) is 5.96. The Kier molecular flexibility index (Phi) is 6.09. The van der Waals surface area contributed by atoms with Crippen molar-refractivity contribution in [2.45, 2.75) is 33.3 Å². The number of ether oxygens (including phenoxy) is 1. The lowest BCUT2D eigenvalue weighted by Crippen LogP contribution is -2.07. The van der Waals surface area contributed by atoms with Crippen LogP contribution in [0, 0.1) is 0 Å². The number of hydrogen-bond acceptors (Lipinski definition) is 4. The molecule has 0 aliphatic carbocycles. The summed E-state index contributed by atoms with van der Waals surface area (Å²) in [5, 5.41) is 8.93. The van der Waals surface area contributed by atoms with Crippen LogP contribution in [0.4, 0.5) is 0 Å². The van der Waals surface area contributed by atoms with Crippen molar-refractivity contribution in [2.24, 2.45) is 0 Å². The molecular formula is C15H20O4. The first-order valence-corrected chi connectivity index (χ1v) is 6.38. The number of aliphatic hydroxyl groups is 1. The Balaban J connectivity index is 0.000000399. The molecule has 104 valence electrons. The first-order chi connectivity index (χ1) is 9.04. The van der Waals surface area contributed by atoms with E-state index in [1.165, 1.54) is 0 Å². The molecule has 0 fully saturated rings. The normalized spacial score (nSPS) is 10.2. The second-order valence-corrected chi connectivity index (χ2v) is 4.38. The van der Waals surface area contributed by atoms with Gasteiger partial charge in [-0.2, -0.15) is 0 Å². The summed E-state index contributed by atoms with van der Waals surface area (Å²) in [5.74, 6) is 0.288. The van der Waals surface area contributed by atoms with Crippen LogP contribution in [0.25, 0.3) is 11.0 Å². The van der Waals surface area contributed by atoms with Crippen LogP contribution < -0.4 is 10.4 Å². The second-order valence-electron chi connectivity index (χ2n) is 4.38. The minimum absolute atomic E-state index is 0.167. The van der Waals surface area contributed by atoms with E-state index >= 15 is 0 Å². The Morgan fingerprint density at radius 2 is 1.95 bits per heavy atom. The molecule has 0 radical (unpaired) electrons. The Morgan fingerprint density at radius 1 is 1.32 bits per heavy atom. The lowest BCUT2D eigenvalue weighted by Gasteiger charge is -2.03. The highest BCUT2D eigenvalue weighted by atomic mass is 16.5. The van der Waals surface area contributed by atoms with Crippen LogP contribution in [-0.2, 0) is 0 Å². The lowest BCUT2D eigenvalue weighted by molar-refractivity contribution is 0.216. The van der Waals surface area contributed by atoms with Gasteiger partial charge >= 0.3 is 5.63 Å². The molecule has 1 aromatic carbocycles. The molecule has 1 aromatic heterocycles. The van der Waals surface area contributed by atoms with Crippen LogP contribution in [0.15, 0.2) is 39.5 Å². The van der Waals surface area contributed by atoms with E-state index < -0.39 is 5.63 Å². The SMILES string of the molecule is CC(C)O.CCCOc1cc2ccccc2oc1=O. The topological polar surface area (TPSA) is 59.7 Å². The Labute approximate surface area is 112 Å². The summed E-state index contributed by atoms with van der Waals surface area (Å²) < 4.78 is 10.4. The number of benzene rings is 1. The van der Waals surface area contributed by atoms with Gasteiger partial charge in [0.25, 0.3) is 0 Å². The van der Waals surface area contributed by atoms with Crippen molar-refractivity contribution in [3.63, 3.8) is 0 Å². The van der Waals surface area contributed by atoms with Crippen molar-refractivity contribution >= 4 is 11.0 Å². The van der Waals surface area contributed by atoms with Gasteiger partial charge < -0.3 is 14.3 Å². The fourth-order valence-corrected chi connectivity index (χ4v) is 1.36. The van der Waals surface area contributed by atoms with Crippen LogP contribution >= 0.6 is 0 Å². The van der Waals surface area contributed by atoms with Crippen molar-refractivity contribution in [1.29, 1.82) is 0 Å². The summed E-state index contributed by atoms with van der Waals surface area (Å²) >= 11 is 0. The van der Waals surface area contributed by atoms with E-state index in [1.807, 2.05) is 25.1 Å². The predicted molar refractivity (Wildman–Crippen MR) is 75.6 cm³/mol. The first kappa shape index (κ1) is 15.2. The van der Waals surface area contributed by atoms with Gasteiger partial charge in [-0.1, -0.05) is 25.1 Å². The van der Waals surface area contributed by atoms with Gasteiger partial charge in [-0.05, 0) is 32.4 Å². The third-order valence-corrected chi connectivity index (χ3v) is 2.07. The van der Waals surface area contributed by atoms with Gasteiger partial charge in [0.15, 0.2) is 0 Å². The minimum atomic E-state index is -0.415. The number of fused-ring (bicyclic) bond motifs is 1. The third kappa shape index (κ3) is 5.14. The van der Waals surface area contributed by atoms with Gasteiger partial charge in [-0.25, -0.2) is 4.79 Å². The van der Waals surface area contributed by atoms with Gasteiger partial charge in [0.2, 0.25) is 5.75 Å². The number of hydrogen-bond donors (Lipinski definition) is 1. The van der Waals surface area contributed by atoms with Crippen LogP contribution in [0.3, 0.4) is 0 Å². The van der Waals surface area contributed by atoms with Crippen LogP contribution in [0.5, 0.6) is 5.75 Å². The van der Waals surface area contributed by atoms with Crippen molar-refractivity contribution in [1.82, 2.24) is 0 Å². The molecule has 0 saturated carbocycles. The zero-order chi connectivity index (χ0) is 14.3. The maximum atomic E-state index is 11.4. The quantitative estimate of drug-likeness (QED) is 0.866. The molecule has 1 heterocycles. The summed E-state index contributed by atoms with van der Waals surface area (Å²) in [5.41, 5.74) is 0.175. The average molecular weight is 264 g/mol. The van der Waals surface area contributed by atoms with Crippen LogP contribution in [0.2, 0.25) is 0 Å². The summed E-state index contributed by atoms with van der Waals surface area (Å²) in [4.78, 5) is 11.4. The molecule has 4 nitrogen and oxygen atoms in total. The van der Waals surface area contributed by atoms with Crippen LogP contribution in [-0.4, -0.2) is 17.8 Å². The third-order valence-electron chi connectivity index (χ3n) is 2.07. The molecule has 2 rings (SSSR count). The largest absolute Gasteiger partial charge is 0.487 e. The summed E-state index contributed by atoms with van der Waals surface area (Å²) in [6.07, 6.45) is 0.701. The maximum Gasteiger partial charge on any atom is 0.379 e.